The molecule has 0 aromatic heterocycles. The SMILES string of the molecule is CC(C)(C)CC(N)CNC(=O)CC1CCCCO1. The number of hydrogen-bond donors (Lipinski definition) is 2. The van der Waals surface area contributed by atoms with Crippen molar-refractivity contribution in [1.82, 2.24) is 5.32 Å². The van der Waals surface area contributed by atoms with Crippen LogP contribution in [0.3, 0.4) is 0 Å². The van der Waals surface area contributed by atoms with Crippen LogP contribution in [0.15, 0.2) is 0 Å². The first-order valence-corrected chi connectivity index (χ1v) is 7.01. The zero-order valence-electron chi connectivity index (χ0n) is 12.0. The number of hydrogen-bond acceptors (Lipinski definition) is 3. The topological polar surface area (TPSA) is 64.3 Å². The van der Waals surface area contributed by atoms with Crippen LogP contribution in [-0.4, -0.2) is 31.2 Å². The Morgan fingerprint density at radius 1 is 1.44 bits per heavy atom. The van der Waals surface area contributed by atoms with Crippen LogP contribution in [-0.2, 0) is 9.53 Å². The van der Waals surface area contributed by atoms with E-state index in [1.807, 2.05) is 0 Å². The maximum Gasteiger partial charge on any atom is 0.222 e. The summed E-state index contributed by atoms with van der Waals surface area (Å²) in [6, 6.07) is 0.0289. The second kappa shape index (κ2) is 7.10. The van der Waals surface area contributed by atoms with Crippen LogP contribution in [0, 0.1) is 5.41 Å². The number of ether oxygens (including phenoxy) is 1. The van der Waals surface area contributed by atoms with Gasteiger partial charge in [-0.05, 0) is 31.1 Å². The van der Waals surface area contributed by atoms with E-state index < -0.39 is 0 Å². The molecule has 0 aliphatic carbocycles. The van der Waals surface area contributed by atoms with Crippen LogP contribution in [0.4, 0.5) is 0 Å². The Kier molecular flexibility index (Phi) is 6.09. The smallest absolute Gasteiger partial charge is 0.222 e. The molecular formula is C14H28N2O2. The van der Waals surface area contributed by atoms with Crippen molar-refractivity contribution in [2.75, 3.05) is 13.2 Å². The van der Waals surface area contributed by atoms with Crippen molar-refractivity contribution in [3.63, 3.8) is 0 Å². The molecule has 0 spiro atoms. The van der Waals surface area contributed by atoms with Gasteiger partial charge in [0.05, 0.1) is 12.5 Å². The van der Waals surface area contributed by atoms with E-state index in [2.05, 4.69) is 26.1 Å². The minimum Gasteiger partial charge on any atom is -0.378 e. The summed E-state index contributed by atoms with van der Waals surface area (Å²) in [6.45, 7) is 7.82. The van der Waals surface area contributed by atoms with E-state index in [0.717, 1.165) is 25.9 Å². The van der Waals surface area contributed by atoms with Gasteiger partial charge in [-0.2, -0.15) is 0 Å². The minimum absolute atomic E-state index is 0.0289. The summed E-state index contributed by atoms with van der Waals surface area (Å²) in [7, 11) is 0. The summed E-state index contributed by atoms with van der Waals surface area (Å²) in [4.78, 5) is 11.7. The van der Waals surface area contributed by atoms with Crippen molar-refractivity contribution in [3.8, 4) is 0 Å². The van der Waals surface area contributed by atoms with Gasteiger partial charge in [0.15, 0.2) is 0 Å². The predicted molar refractivity (Wildman–Crippen MR) is 73.3 cm³/mol. The standard InChI is InChI=1S/C14H28N2O2/c1-14(2,3)9-11(15)10-16-13(17)8-12-6-4-5-7-18-12/h11-12H,4-10,15H2,1-3H3,(H,16,17). The molecule has 1 saturated heterocycles. The molecule has 0 aromatic rings. The third kappa shape index (κ3) is 6.97. The first-order chi connectivity index (χ1) is 8.37. The van der Waals surface area contributed by atoms with E-state index in [1.54, 1.807) is 0 Å². The van der Waals surface area contributed by atoms with Crippen molar-refractivity contribution >= 4 is 5.91 Å². The number of rotatable bonds is 5. The second-order valence-electron chi connectivity index (χ2n) is 6.52. The molecule has 1 aliphatic heterocycles. The Morgan fingerprint density at radius 2 is 2.17 bits per heavy atom. The Balaban J connectivity index is 2.16. The molecule has 1 fully saturated rings. The maximum atomic E-state index is 11.7. The largest absolute Gasteiger partial charge is 0.378 e. The van der Waals surface area contributed by atoms with Gasteiger partial charge < -0.3 is 15.8 Å². The van der Waals surface area contributed by atoms with Crippen molar-refractivity contribution in [3.05, 3.63) is 0 Å². The van der Waals surface area contributed by atoms with Gasteiger partial charge >= 0.3 is 0 Å². The molecule has 1 rings (SSSR count). The number of amides is 1. The van der Waals surface area contributed by atoms with Gasteiger partial charge in [0.1, 0.15) is 0 Å². The molecule has 0 bridgehead atoms. The first kappa shape index (κ1) is 15.4. The Morgan fingerprint density at radius 3 is 2.72 bits per heavy atom. The molecule has 0 radical (unpaired) electrons. The lowest BCUT2D eigenvalue weighted by Crippen LogP contribution is -2.40. The quantitative estimate of drug-likeness (QED) is 0.788. The first-order valence-electron chi connectivity index (χ1n) is 7.01. The van der Waals surface area contributed by atoms with E-state index in [0.29, 0.717) is 13.0 Å². The third-order valence-corrected chi connectivity index (χ3v) is 3.12. The third-order valence-electron chi connectivity index (χ3n) is 3.12. The molecule has 0 saturated carbocycles. The predicted octanol–water partition coefficient (Wildman–Crippen LogP) is 1.83. The molecule has 4 nitrogen and oxygen atoms in total. The zero-order valence-corrected chi connectivity index (χ0v) is 12.0. The fourth-order valence-corrected chi connectivity index (χ4v) is 2.35. The van der Waals surface area contributed by atoms with Crippen molar-refractivity contribution in [2.24, 2.45) is 11.1 Å². The highest BCUT2D eigenvalue weighted by molar-refractivity contribution is 5.76. The van der Waals surface area contributed by atoms with E-state index in [-0.39, 0.29) is 23.5 Å². The molecule has 3 N–H and O–H groups in total. The fourth-order valence-electron chi connectivity index (χ4n) is 2.35. The molecule has 1 amide bonds. The lowest BCUT2D eigenvalue weighted by Gasteiger charge is -2.24. The van der Waals surface area contributed by atoms with E-state index in [9.17, 15) is 4.79 Å². The normalized spacial score (nSPS) is 22.6. The Labute approximate surface area is 111 Å². The molecule has 2 unspecified atom stereocenters. The maximum absolute atomic E-state index is 11.7. The second-order valence-corrected chi connectivity index (χ2v) is 6.52. The molecule has 106 valence electrons. The molecule has 2 atom stereocenters. The number of nitrogens with one attached hydrogen (secondary N) is 1. The average molecular weight is 256 g/mol. The van der Waals surface area contributed by atoms with E-state index in [1.165, 1.54) is 6.42 Å². The molecule has 18 heavy (non-hydrogen) atoms. The number of carbonyl (C=O) groups excluding carboxylic acids is 1. The summed E-state index contributed by atoms with van der Waals surface area (Å²) in [6.07, 6.45) is 4.78. The van der Waals surface area contributed by atoms with Crippen LogP contribution in [0.1, 0.15) is 52.9 Å². The highest BCUT2D eigenvalue weighted by Gasteiger charge is 2.19. The van der Waals surface area contributed by atoms with Crippen molar-refractivity contribution in [2.45, 2.75) is 65.0 Å². The van der Waals surface area contributed by atoms with Crippen LogP contribution >= 0.6 is 0 Å². The Hall–Kier alpha value is -0.610. The minimum atomic E-state index is 0.0289. The average Bonchev–Trinajstić information content (AvgIpc) is 2.25. The Bertz CT molecular complexity index is 255. The molecular weight excluding hydrogens is 228 g/mol. The van der Waals surface area contributed by atoms with Crippen LogP contribution in [0.5, 0.6) is 0 Å². The van der Waals surface area contributed by atoms with Gasteiger partial charge in [-0.15, -0.1) is 0 Å². The summed E-state index contributed by atoms with van der Waals surface area (Å²) in [5.74, 6) is 0.0614. The number of nitrogens with two attached hydrogens (primary N) is 1. The zero-order chi connectivity index (χ0) is 13.6. The molecule has 1 heterocycles. The van der Waals surface area contributed by atoms with Gasteiger partial charge in [0.2, 0.25) is 5.91 Å². The lowest BCUT2D eigenvalue weighted by molar-refractivity contribution is -0.124. The molecule has 1 aliphatic rings. The lowest BCUT2D eigenvalue weighted by atomic mass is 9.88. The highest BCUT2D eigenvalue weighted by atomic mass is 16.5. The summed E-state index contributed by atoms with van der Waals surface area (Å²) >= 11 is 0. The van der Waals surface area contributed by atoms with Gasteiger partial charge in [0.25, 0.3) is 0 Å². The summed E-state index contributed by atoms with van der Waals surface area (Å²) < 4.78 is 5.54. The van der Waals surface area contributed by atoms with E-state index >= 15 is 0 Å². The van der Waals surface area contributed by atoms with Gasteiger partial charge in [0, 0.05) is 19.2 Å². The van der Waals surface area contributed by atoms with Crippen LogP contribution < -0.4 is 11.1 Å². The fraction of sp³-hybridized carbons (Fsp3) is 0.929. The van der Waals surface area contributed by atoms with Gasteiger partial charge in [-0.25, -0.2) is 0 Å². The molecule has 0 aromatic carbocycles. The highest BCUT2D eigenvalue weighted by Crippen LogP contribution is 2.19. The monoisotopic (exact) mass is 256 g/mol. The van der Waals surface area contributed by atoms with Crippen LogP contribution in [0.25, 0.3) is 0 Å². The summed E-state index contributed by atoms with van der Waals surface area (Å²) in [5.41, 5.74) is 6.20. The number of carbonyl (C=O) groups is 1. The molecule has 4 heteroatoms. The summed E-state index contributed by atoms with van der Waals surface area (Å²) in [5, 5.41) is 2.91. The van der Waals surface area contributed by atoms with Crippen LogP contribution in [0.2, 0.25) is 0 Å². The van der Waals surface area contributed by atoms with Crippen molar-refractivity contribution in [1.29, 1.82) is 0 Å². The van der Waals surface area contributed by atoms with Crippen molar-refractivity contribution < 1.29 is 9.53 Å². The van der Waals surface area contributed by atoms with Gasteiger partial charge in [-0.1, -0.05) is 20.8 Å². The van der Waals surface area contributed by atoms with E-state index in [4.69, 9.17) is 10.5 Å². The van der Waals surface area contributed by atoms with Gasteiger partial charge in [-0.3, -0.25) is 4.79 Å².